The van der Waals surface area contributed by atoms with Gasteiger partial charge in [-0.3, -0.25) is 4.79 Å². The second-order valence-electron chi connectivity index (χ2n) is 2.96. The fourth-order valence-corrected chi connectivity index (χ4v) is 1.37. The molecule has 14 heavy (non-hydrogen) atoms. The number of carbonyl (C=O) groups is 1. The van der Waals surface area contributed by atoms with Gasteiger partial charge in [-0.2, -0.15) is 0 Å². The molecule has 0 fully saturated rings. The first kappa shape index (κ1) is 8.62. The van der Waals surface area contributed by atoms with Crippen LogP contribution in [0.1, 0.15) is 12.0 Å². The van der Waals surface area contributed by atoms with E-state index in [0.29, 0.717) is 5.75 Å². The smallest absolute Gasteiger partial charge is 0.307 e. The van der Waals surface area contributed by atoms with Crippen LogP contribution in [0.25, 0.3) is 5.57 Å². The van der Waals surface area contributed by atoms with Gasteiger partial charge in [0.25, 0.3) is 0 Å². The minimum atomic E-state index is -0.852. The number of benzene rings is 1. The lowest BCUT2D eigenvalue weighted by Crippen LogP contribution is -2.17. The Morgan fingerprint density at radius 3 is 3.00 bits per heavy atom. The minimum absolute atomic E-state index is 0.00657. The Hall–Kier alpha value is -1.97. The van der Waals surface area contributed by atoms with Crippen molar-refractivity contribution in [1.82, 2.24) is 5.48 Å². The molecule has 0 radical (unpaired) electrons. The summed E-state index contributed by atoms with van der Waals surface area (Å²) in [6, 6.07) is 7.32. The van der Waals surface area contributed by atoms with Crippen LogP contribution < -0.4 is 10.3 Å². The second-order valence-corrected chi connectivity index (χ2v) is 2.96. The molecule has 0 unspecified atom stereocenters. The molecule has 0 atom stereocenters. The number of para-hydroxylation sites is 1. The van der Waals surface area contributed by atoms with Gasteiger partial charge in [0, 0.05) is 11.8 Å². The molecule has 0 amide bonds. The van der Waals surface area contributed by atoms with Gasteiger partial charge in [0.2, 0.25) is 0 Å². The number of fused-ring (bicyclic) bond motifs is 1. The Balaban J connectivity index is 2.35. The molecule has 0 bridgehead atoms. The summed E-state index contributed by atoms with van der Waals surface area (Å²) >= 11 is 0. The quantitative estimate of drug-likeness (QED) is 0.741. The highest BCUT2D eigenvalue weighted by Crippen LogP contribution is 2.29. The first-order chi connectivity index (χ1) is 6.77. The standard InChI is InChI=1S/C10H9NO3/c12-10(13)5-7-6-11-14-9-4-2-1-3-8(7)9/h1-4,6,11H,5H2,(H,12,13). The van der Waals surface area contributed by atoms with E-state index in [4.69, 9.17) is 9.94 Å². The molecule has 0 spiro atoms. The first-order valence-corrected chi connectivity index (χ1v) is 4.20. The molecule has 2 N–H and O–H groups in total. The van der Waals surface area contributed by atoms with Gasteiger partial charge in [0.05, 0.1) is 6.42 Å². The third kappa shape index (κ3) is 1.54. The lowest BCUT2D eigenvalue weighted by Gasteiger charge is -2.17. The van der Waals surface area contributed by atoms with Crippen molar-refractivity contribution in [3.8, 4) is 5.75 Å². The first-order valence-electron chi connectivity index (χ1n) is 4.20. The monoisotopic (exact) mass is 191 g/mol. The summed E-state index contributed by atoms with van der Waals surface area (Å²) in [6.07, 6.45) is 1.56. The molecule has 4 nitrogen and oxygen atoms in total. The van der Waals surface area contributed by atoms with Crippen LogP contribution in [0.5, 0.6) is 5.75 Å². The maximum atomic E-state index is 10.6. The van der Waals surface area contributed by atoms with Gasteiger partial charge < -0.3 is 9.94 Å². The molecule has 2 rings (SSSR count). The van der Waals surface area contributed by atoms with E-state index in [1.165, 1.54) is 0 Å². The Morgan fingerprint density at radius 1 is 1.43 bits per heavy atom. The summed E-state index contributed by atoms with van der Waals surface area (Å²) in [5, 5.41) is 8.68. The highest BCUT2D eigenvalue weighted by atomic mass is 16.6. The van der Waals surface area contributed by atoms with Crippen molar-refractivity contribution < 1.29 is 14.7 Å². The van der Waals surface area contributed by atoms with Crippen LogP contribution in [0.3, 0.4) is 0 Å². The molecule has 0 saturated heterocycles. The van der Waals surface area contributed by atoms with E-state index in [0.717, 1.165) is 11.1 Å². The highest BCUT2D eigenvalue weighted by molar-refractivity contribution is 5.85. The Kier molecular flexibility index (Phi) is 2.10. The van der Waals surface area contributed by atoms with Crippen molar-refractivity contribution in [3.63, 3.8) is 0 Å². The Morgan fingerprint density at radius 2 is 2.21 bits per heavy atom. The van der Waals surface area contributed by atoms with E-state index < -0.39 is 5.97 Å². The molecule has 1 aliphatic rings. The molecule has 1 aromatic carbocycles. The Bertz CT molecular complexity index is 398. The summed E-state index contributed by atoms with van der Waals surface area (Å²) in [6.45, 7) is 0. The van der Waals surface area contributed by atoms with Gasteiger partial charge in [-0.15, -0.1) is 0 Å². The van der Waals surface area contributed by atoms with Crippen LogP contribution in [-0.2, 0) is 4.79 Å². The number of nitrogens with one attached hydrogen (secondary N) is 1. The molecule has 0 aliphatic carbocycles. The van der Waals surface area contributed by atoms with E-state index in [1.807, 2.05) is 18.2 Å². The van der Waals surface area contributed by atoms with Crippen LogP contribution in [0, 0.1) is 0 Å². The number of hydroxylamine groups is 1. The maximum Gasteiger partial charge on any atom is 0.307 e. The third-order valence-corrected chi connectivity index (χ3v) is 1.98. The highest BCUT2D eigenvalue weighted by Gasteiger charge is 2.15. The van der Waals surface area contributed by atoms with E-state index >= 15 is 0 Å². The zero-order valence-corrected chi connectivity index (χ0v) is 7.36. The number of hydrogen-bond acceptors (Lipinski definition) is 3. The van der Waals surface area contributed by atoms with Crippen molar-refractivity contribution in [1.29, 1.82) is 0 Å². The van der Waals surface area contributed by atoms with Crippen LogP contribution >= 0.6 is 0 Å². The summed E-state index contributed by atoms with van der Waals surface area (Å²) in [4.78, 5) is 15.7. The summed E-state index contributed by atoms with van der Waals surface area (Å²) in [5.74, 6) is -0.194. The SMILES string of the molecule is O=C(O)CC1=CNOc2ccccc21. The fourth-order valence-electron chi connectivity index (χ4n) is 1.37. The third-order valence-electron chi connectivity index (χ3n) is 1.98. The maximum absolute atomic E-state index is 10.6. The number of carboxylic acid groups (broad SMARTS) is 1. The number of aliphatic carboxylic acids is 1. The second kappa shape index (κ2) is 3.41. The fraction of sp³-hybridized carbons (Fsp3) is 0.100. The van der Waals surface area contributed by atoms with Gasteiger partial charge >= 0.3 is 5.97 Å². The van der Waals surface area contributed by atoms with Crippen LogP contribution in [0.15, 0.2) is 30.5 Å². The van der Waals surface area contributed by atoms with Gasteiger partial charge in [0.1, 0.15) is 0 Å². The van der Waals surface area contributed by atoms with Gasteiger partial charge in [-0.05, 0) is 11.6 Å². The van der Waals surface area contributed by atoms with E-state index in [9.17, 15) is 4.79 Å². The van der Waals surface area contributed by atoms with Crippen molar-refractivity contribution in [3.05, 3.63) is 36.0 Å². The zero-order chi connectivity index (χ0) is 9.97. The van der Waals surface area contributed by atoms with Gasteiger partial charge in [-0.25, -0.2) is 5.48 Å². The van der Waals surface area contributed by atoms with E-state index in [1.54, 1.807) is 12.3 Å². The zero-order valence-electron chi connectivity index (χ0n) is 7.36. The molecule has 72 valence electrons. The van der Waals surface area contributed by atoms with Gasteiger partial charge in [0.15, 0.2) is 5.75 Å². The minimum Gasteiger partial charge on any atom is -0.481 e. The summed E-state index contributed by atoms with van der Waals surface area (Å²) in [5.41, 5.74) is 4.12. The van der Waals surface area contributed by atoms with Crippen molar-refractivity contribution in [2.45, 2.75) is 6.42 Å². The lowest BCUT2D eigenvalue weighted by molar-refractivity contribution is -0.135. The summed E-state index contributed by atoms with van der Waals surface area (Å²) < 4.78 is 0. The predicted octanol–water partition coefficient (Wildman–Crippen LogP) is 1.40. The largest absolute Gasteiger partial charge is 0.481 e. The topological polar surface area (TPSA) is 58.6 Å². The number of rotatable bonds is 2. The van der Waals surface area contributed by atoms with Crippen LogP contribution in [-0.4, -0.2) is 11.1 Å². The average Bonchev–Trinajstić information content (AvgIpc) is 2.18. The van der Waals surface area contributed by atoms with E-state index in [-0.39, 0.29) is 6.42 Å². The lowest BCUT2D eigenvalue weighted by atomic mass is 10.0. The molecule has 1 aromatic rings. The molecule has 4 heteroatoms. The predicted molar refractivity (Wildman–Crippen MR) is 50.4 cm³/mol. The van der Waals surface area contributed by atoms with Crippen LogP contribution in [0.2, 0.25) is 0 Å². The molecule has 0 aromatic heterocycles. The summed E-state index contributed by atoms with van der Waals surface area (Å²) in [7, 11) is 0. The molecule has 0 saturated carbocycles. The Labute approximate surface area is 80.8 Å². The number of carboxylic acids is 1. The molecule has 1 heterocycles. The molecule has 1 aliphatic heterocycles. The van der Waals surface area contributed by atoms with E-state index in [2.05, 4.69) is 5.48 Å². The normalized spacial score (nSPS) is 13.3. The molecular weight excluding hydrogens is 182 g/mol. The number of hydrogen-bond donors (Lipinski definition) is 2. The van der Waals surface area contributed by atoms with Gasteiger partial charge in [-0.1, -0.05) is 18.2 Å². The van der Waals surface area contributed by atoms with Crippen molar-refractivity contribution in [2.75, 3.05) is 0 Å². The van der Waals surface area contributed by atoms with Crippen LogP contribution in [0.4, 0.5) is 0 Å². The molecular formula is C10H9NO3. The van der Waals surface area contributed by atoms with Crippen molar-refractivity contribution in [2.24, 2.45) is 0 Å². The van der Waals surface area contributed by atoms with Crippen molar-refractivity contribution >= 4 is 11.5 Å². The average molecular weight is 191 g/mol.